The second-order valence-electron chi connectivity index (χ2n) is 0.289. The smallest absolute Gasteiger partial charge is 0.907 e. The van der Waals surface area contributed by atoms with Crippen molar-refractivity contribution in [3.8, 4) is 0 Å². The summed E-state index contributed by atoms with van der Waals surface area (Å²) in [5.74, 6) is 0. The van der Waals surface area contributed by atoms with E-state index in [0.717, 1.165) is 0 Å². The van der Waals surface area contributed by atoms with Gasteiger partial charge in [0.15, 0.2) is 0 Å². The zero-order chi connectivity index (χ0) is 3.58. The summed E-state index contributed by atoms with van der Waals surface area (Å²) in [4.78, 5) is 0. The van der Waals surface area contributed by atoms with Crippen molar-refractivity contribution >= 4 is 31.2 Å². The Morgan fingerprint density at radius 1 is 1.00 bits per heavy atom. The molecule has 6 heteroatoms. The molecule has 0 rings (SSSR count). The molecule has 0 aromatic carbocycles. The normalized spacial score (nSPS) is 4.50. The fourth-order valence-electron chi connectivity index (χ4n) is 0. The predicted molar refractivity (Wildman–Crippen MR) is 11.5 cm³/mol. The molecule has 0 amide bonds. The van der Waals surface area contributed by atoms with Gasteiger partial charge in [-0.3, -0.25) is 7.32 Å². The summed E-state index contributed by atoms with van der Waals surface area (Å²) in [6, 6.07) is 0. The van der Waals surface area contributed by atoms with Gasteiger partial charge >= 0.3 is 42.8 Å². The van der Waals surface area contributed by atoms with Crippen molar-refractivity contribution in [3.63, 3.8) is 0 Å². The van der Waals surface area contributed by atoms with Crippen LogP contribution in [-0.4, -0.2) is 31.2 Å². The van der Waals surface area contributed by atoms with E-state index < -0.39 is 7.32 Å². The second-order valence-corrected chi connectivity index (χ2v) is 0.289. The van der Waals surface area contributed by atoms with Crippen LogP contribution >= 0.6 is 0 Å². The van der Waals surface area contributed by atoms with Crippen molar-refractivity contribution < 1.29 is 33.9 Å². The number of hydrogen-bond donors (Lipinski definition) is 0. The third-order valence-corrected chi connectivity index (χ3v) is 0. The molecule has 0 radical (unpaired) electrons. The number of hydrogen-bond acceptors (Lipinski definition) is 3. The van der Waals surface area contributed by atoms with Gasteiger partial charge in [-0.2, -0.15) is 0 Å². The number of rotatable bonds is 0. The van der Waals surface area contributed by atoms with Crippen LogP contribution in [0.2, 0.25) is 0 Å². The largest absolute Gasteiger partial charge is 4.00 e. The molecule has 0 heterocycles. The Kier molecular flexibility index (Phi) is 25.1. The van der Waals surface area contributed by atoms with E-state index >= 15 is 0 Å². The van der Waals surface area contributed by atoms with E-state index in [4.69, 9.17) is 15.1 Å². The maximum atomic E-state index is 8.42. The Bertz CT molecular complexity index is 15.5. The summed E-state index contributed by atoms with van der Waals surface area (Å²) in [7, 11) is -2.92. The van der Waals surface area contributed by atoms with E-state index in [9.17, 15) is 0 Å². The van der Waals surface area contributed by atoms with Crippen LogP contribution < -0.4 is 33.9 Å². The minimum Gasteiger partial charge on any atom is -0.907 e. The first-order valence-corrected chi connectivity index (χ1v) is 0.707. The Morgan fingerprint density at radius 3 is 1.00 bits per heavy atom. The van der Waals surface area contributed by atoms with Gasteiger partial charge < -0.3 is 15.1 Å². The van der Waals surface area contributed by atoms with Crippen LogP contribution in [0.3, 0.4) is 0 Å². The maximum Gasteiger partial charge on any atom is 4.00 e. The zero-order valence-electron chi connectivity index (χ0n) is 3.30. The SMILES string of the molecule is [Li+].[O-]B([O-])[O-].[Sn+4]. The summed E-state index contributed by atoms with van der Waals surface area (Å²) in [6.07, 6.45) is 0. The van der Waals surface area contributed by atoms with Gasteiger partial charge in [-0.05, 0) is 0 Å². The molecule has 24 valence electrons. The monoisotopic (exact) mass is 186 g/mol. The summed E-state index contributed by atoms with van der Waals surface area (Å²) >= 11 is 0. The van der Waals surface area contributed by atoms with Crippen LogP contribution in [0.25, 0.3) is 0 Å². The van der Waals surface area contributed by atoms with Gasteiger partial charge in [0.2, 0.25) is 0 Å². The van der Waals surface area contributed by atoms with Gasteiger partial charge in [-0.1, -0.05) is 0 Å². The van der Waals surface area contributed by atoms with Gasteiger partial charge in [0.05, 0.1) is 0 Å². The topological polar surface area (TPSA) is 69.2 Å². The van der Waals surface area contributed by atoms with Crippen LogP contribution in [0.5, 0.6) is 0 Å². The van der Waals surface area contributed by atoms with E-state index in [1.807, 2.05) is 0 Å². The Morgan fingerprint density at radius 2 is 1.00 bits per heavy atom. The molecule has 6 heavy (non-hydrogen) atoms. The molecule has 0 atom stereocenters. The Balaban J connectivity index is -0.0000000450. The molecule has 0 aliphatic heterocycles. The van der Waals surface area contributed by atoms with Crippen molar-refractivity contribution in [2.75, 3.05) is 0 Å². The minimum atomic E-state index is -2.92. The molecule has 0 bridgehead atoms. The fourth-order valence-corrected chi connectivity index (χ4v) is 0. The van der Waals surface area contributed by atoms with Gasteiger partial charge in [0, 0.05) is 0 Å². The van der Waals surface area contributed by atoms with Crippen molar-refractivity contribution in [3.05, 3.63) is 0 Å². The molecule has 0 unspecified atom stereocenters. The van der Waals surface area contributed by atoms with E-state index in [2.05, 4.69) is 0 Å². The van der Waals surface area contributed by atoms with Gasteiger partial charge in [0.1, 0.15) is 0 Å². The summed E-state index contributed by atoms with van der Waals surface area (Å²) in [6.45, 7) is 0. The first-order valence-electron chi connectivity index (χ1n) is 0.707. The first-order chi connectivity index (χ1) is 1.73. The summed E-state index contributed by atoms with van der Waals surface area (Å²) < 4.78 is 0. The summed E-state index contributed by atoms with van der Waals surface area (Å²) in [5.41, 5.74) is 0. The summed E-state index contributed by atoms with van der Waals surface area (Å²) in [5, 5.41) is 25.2. The van der Waals surface area contributed by atoms with Crippen molar-refractivity contribution in [1.82, 2.24) is 0 Å². The molecule has 0 fully saturated rings. The second kappa shape index (κ2) is 9.60. The fraction of sp³-hybridized carbons (Fsp3) is 0. The van der Waals surface area contributed by atoms with E-state index in [1.54, 1.807) is 0 Å². The molecule has 0 N–H and O–H groups in total. The maximum absolute atomic E-state index is 8.42. The molecular formula is BLiO3Sn+2. The molecular weight excluding hydrogens is 184 g/mol. The molecule has 0 aliphatic rings. The first kappa shape index (κ1) is 15.7. The van der Waals surface area contributed by atoms with Gasteiger partial charge in [0.25, 0.3) is 0 Å². The van der Waals surface area contributed by atoms with E-state index in [1.165, 1.54) is 0 Å². The molecule has 0 aromatic rings. The average Bonchev–Trinajstić information content (AvgIpc) is 0.811. The molecule has 0 aliphatic carbocycles. The standard InChI is InChI=1S/BO3.Li.Sn/c2-1(3)4;;/q-3;+1;+4. The molecule has 3 nitrogen and oxygen atoms in total. The van der Waals surface area contributed by atoms with Gasteiger partial charge in [-0.25, -0.2) is 0 Å². The van der Waals surface area contributed by atoms with Crippen LogP contribution in [0, 0.1) is 0 Å². The Labute approximate surface area is 65.1 Å². The van der Waals surface area contributed by atoms with E-state index in [0.29, 0.717) is 0 Å². The third-order valence-electron chi connectivity index (χ3n) is 0. The van der Waals surface area contributed by atoms with Crippen LogP contribution in [0.4, 0.5) is 0 Å². The van der Waals surface area contributed by atoms with Gasteiger partial charge in [-0.15, -0.1) is 0 Å². The van der Waals surface area contributed by atoms with Crippen molar-refractivity contribution in [1.29, 1.82) is 0 Å². The third kappa shape index (κ3) is 56.0. The molecule has 0 saturated carbocycles. The van der Waals surface area contributed by atoms with Crippen molar-refractivity contribution in [2.45, 2.75) is 0 Å². The van der Waals surface area contributed by atoms with Crippen LogP contribution in [0.15, 0.2) is 0 Å². The Hall–Kier alpha value is 1.34. The molecule has 0 aromatic heterocycles. The quantitative estimate of drug-likeness (QED) is 0.351. The minimum absolute atomic E-state index is 0. The van der Waals surface area contributed by atoms with Crippen molar-refractivity contribution in [2.24, 2.45) is 0 Å². The predicted octanol–water partition coefficient (Wildman–Crippen LogP) is -7.32. The average molecular weight is 184 g/mol. The zero-order valence-corrected chi connectivity index (χ0v) is 6.16. The molecule has 0 saturated heterocycles. The van der Waals surface area contributed by atoms with Crippen LogP contribution in [-0.2, 0) is 0 Å². The molecule has 0 spiro atoms. The van der Waals surface area contributed by atoms with Crippen LogP contribution in [0.1, 0.15) is 0 Å². The van der Waals surface area contributed by atoms with E-state index in [-0.39, 0.29) is 42.8 Å².